The number of urea groups is 1. The SMILES string of the molecule is CC(C)C1=NN(c2ccccc2)C(NC(=O)Nc2ccc(-c3cncc4c3cnn4C)cc2)C1. The van der Waals surface area contributed by atoms with Crippen molar-refractivity contribution in [1.29, 1.82) is 0 Å². The van der Waals surface area contributed by atoms with E-state index < -0.39 is 0 Å². The highest BCUT2D eigenvalue weighted by Crippen LogP contribution is 2.28. The van der Waals surface area contributed by atoms with Crippen LogP contribution in [0.15, 0.2) is 78.3 Å². The molecule has 1 aliphatic rings. The molecule has 3 heterocycles. The van der Waals surface area contributed by atoms with E-state index >= 15 is 0 Å². The molecule has 1 atom stereocenters. The largest absolute Gasteiger partial charge is 0.320 e. The lowest BCUT2D eigenvalue weighted by Crippen LogP contribution is -2.45. The molecule has 0 saturated heterocycles. The molecular formula is C26H27N7O. The van der Waals surface area contributed by atoms with Crippen molar-refractivity contribution in [3.8, 4) is 11.1 Å². The van der Waals surface area contributed by atoms with Crippen molar-refractivity contribution in [2.24, 2.45) is 18.1 Å². The number of carbonyl (C=O) groups is 1. The number of hydrogen-bond donors (Lipinski definition) is 2. The number of aromatic nitrogens is 3. The van der Waals surface area contributed by atoms with Crippen LogP contribution < -0.4 is 15.6 Å². The van der Waals surface area contributed by atoms with Crippen LogP contribution in [0.4, 0.5) is 16.2 Å². The molecule has 2 amide bonds. The van der Waals surface area contributed by atoms with Gasteiger partial charge in [-0.25, -0.2) is 9.80 Å². The van der Waals surface area contributed by atoms with Gasteiger partial charge in [-0.1, -0.05) is 44.2 Å². The van der Waals surface area contributed by atoms with E-state index in [1.807, 2.05) is 89.9 Å². The minimum Gasteiger partial charge on any atom is -0.315 e. The molecular weight excluding hydrogens is 426 g/mol. The topological polar surface area (TPSA) is 87.4 Å². The normalized spacial score (nSPS) is 15.6. The van der Waals surface area contributed by atoms with E-state index in [4.69, 9.17) is 5.10 Å². The van der Waals surface area contributed by atoms with E-state index in [2.05, 4.69) is 34.6 Å². The summed E-state index contributed by atoms with van der Waals surface area (Å²) in [6.07, 6.45) is 5.93. The maximum atomic E-state index is 12.8. The second-order valence-electron chi connectivity index (χ2n) is 8.71. The fourth-order valence-electron chi connectivity index (χ4n) is 4.16. The molecule has 1 unspecified atom stereocenters. The van der Waals surface area contributed by atoms with Crippen molar-refractivity contribution in [1.82, 2.24) is 20.1 Å². The summed E-state index contributed by atoms with van der Waals surface area (Å²) in [7, 11) is 1.90. The smallest absolute Gasteiger partial charge is 0.315 e. The molecule has 2 aromatic heterocycles. The van der Waals surface area contributed by atoms with Crippen molar-refractivity contribution in [2.45, 2.75) is 26.4 Å². The molecule has 5 rings (SSSR count). The van der Waals surface area contributed by atoms with Crippen molar-refractivity contribution < 1.29 is 4.79 Å². The van der Waals surface area contributed by atoms with Gasteiger partial charge in [-0.05, 0) is 35.7 Å². The monoisotopic (exact) mass is 453 g/mol. The highest BCUT2D eigenvalue weighted by Gasteiger charge is 2.30. The molecule has 0 aliphatic carbocycles. The number of pyridine rings is 1. The Bertz CT molecular complexity index is 1340. The number of amides is 2. The molecule has 2 N–H and O–H groups in total. The molecule has 4 aromatic rings. The average Bonchev–Trinajstić information content (AvgIpc) is 3.44. The number of anilines is 2. The van der Waals surface area contributed by atoms with Gasteiger partial charge in [-0.2, -0.15) is 10.2 Å². The second kappa shape index (κ2) is 8.97. The standard InChI is InChI=1S/C26H27N7O/c1-17(2)23-13-25(33(31-23)20-7-5-4-6-8-20)30-26(34)29-19-11-9-18(10-12-19)21-14-27-16-24-22(21)15-28-32(24)3/h4-12,14-17,25H,13H2,1-3H3,(H2,29,30,34). The van der Waals surface area contributed by atoms with E-state index in [0.717, 1.165) is 33.4 Å². The van der Waals surface area contributed by atoms with Gasteiger partial charge in [-0.3, -0.25) is 9.67 Å². The highest BCUT2D eigenvalue weighted by molar-refractivity contribution is 5.95. The summed E-state index contributed by atoms with van der Waals surface area (Å²) in [5.74, 6) is 0.312. The van der Waals surface area contributed by atoms with Crippen LogP contribution in [0.3, 0.4) is 0 Å². The first-order valence-corrected chi connectivity index (χ1v) is 11.3. The first kappa shape index (κ1) is 21.6. The van der Waals surface area contributed by atoms with Crippen LogP contribution in [0.25, 0.3) is 22.0 Å². The van der Waals surface area contributed by atoms with Gasteiger partial charge in [0.1, 0.15) is 6.17 Å². The van der Waals surface area contributed by atoms with Gasteiger partial charge in [0.2, 0.25) is 0 Å². The Balaban J connectivity index is 1.29. The van der Waals surface area contributed by atoms with Gasteiger partial charge in [0.05, 0.1) is 23.6 Å². The van der Waals surface area contributed by atoms with Crippen LogP contribution in [0.5, 0.6) is 0 Å². The maximum Gasteiger partial charge on any atom is 0.320 e. The number of hydrazone groups is 1. The summed E-state index contributed by atoms with van der Waals surface area (Å²) >= 11 is 0. The molecule has 8 nitrogen and oxygen atoms in total. The number of para-hydroxylation sites is 1. The van der Waals surface area contributed by atoms with Gasteiger partial charge in [-0.15, -0.1) is 0 Å². The molecule has 0 saturated carbocycles. The number of aryl methyl sites for hydroxylation is 1. The van der Waals surface area contributed by atoms with Crippen molar-refractivity contribution in [2.75, 3.05) is 10.3 Å². The van der Waals surface area contributed by atoms with Crippen LogP contribution in [-0.4, -0.2) is 32.7 Å². The Morgan fingerprint density at radius 1 is 1.03 bits per heavy atom. The Hall–Kier alpha value is -4.20. The fourth-order valence-corrected chi connectivity index (χ4v) is 4.16. The highest BCUT2D eigenvalue weighted by atomic mass is 16.2. The lowest BCUT2D eigenvalue weighted by atomic mass is 10.0. The van der Waals surface area contributed by atoms with E-state index in [0.29, 0.717) is 18.0 Å². The number of fused-ring (bicyclic) bond motifs is 1. The van der Waals surface area contributed by atoms with Gasteiger partial charge in [0.25, 0.3) is 0 Å². The first-order valence-electron chi connectivity index (χ1n) is 11.3. The lowest BCUT2D eigenvalue weighted by Gasteiger charge is -2.24. The lowest BCUT2D eigenvalue weighted by molar-refractivity contribution is 0.248. The molecule has 0 bridgehead atoms. The predicted molar refractivity (Wildman–Crippen MR) is 136 cm³/mol. The van der Waals surface area contributed by atoms with E-state index in [-0.39, 0.29) is 12.2 Å². The quantitative estimate of drug-likeness (QED) is 0.445. The van der Waals surface area contributed by atoms with Crippen molar-refractivity contribution >= 4 is 34.0 Å². The number of hydrogen-bond acceptors (Lipinski definition) is 5. The van der Waals surface area contributed by atoms with Crippen molar-refractivity contribution in [3.63, 3.8) is 0 Å². The zero-order valence-electron chi connectivity index (χ0n) is 19.4. The molecule has 2 aromatic carbocycles. The minimum absolute atomic E-state index is 0.242. The first-order chi connectivity index (χ1) is 16.5. The number of nitrogens with one attached hydrogen (secondary N) is 2. The number of nitrogens with zero attached hydrogens (tertiary/aromatic N) is 5. The molecule has 8 heteroatoms. The van der Waals surface area contributed by atoms with Crippen LogP contribution in [0.1, 0.15) is 20.3 Å². The van der Waals surface area contributed by atoms with Crippen LogP contribution in [0, 0.1) is 5.92 Å². The summed E-state index contributed by atoms with van der Waals surface area (Å²) in [5, 5.41) is 18.0. The number of benzene rings is 2. The summed E-state index contributed by atoms with van der Waals surface area (Å²) in [5.41, 5.74) is 5.72. The third-order valence-electron chi connectivity index (χ3n) is 6.05. The molecule has 0 fully saturated rings. The van der Waals surface area contributed by atoms with Gasteiger partial charge in [0, 0.05) is 42.0 Å². The molecule has 0 spiro atoms. The summed E-state index contributed by atoms with van der Waals surface area (Å²) in [6, 6.07) is 17.4. The Labute approximate surface area is 198 Å². The molecule has 1 aliphatic heterocycles. The molecule has 172 valence electrons. The number of carbonyl (C=O) groups excluding carboxylic acids is 1. The zero-order valence-corrected chi connectivity index (χ0v) is 19.4. The maximum absolute atomic E-state index is 12.8. The predicted octanol–water partition coefficient (Wildman–Crippen LogP) is 5.01. The van der Waals surface area contributed by atoms with Crippen molar-refractivity contribution in [3.05, 3.63) is 73.2 Å². The van der Waals surface area contributed by atoms with E-state index in [1.165, 1.54) is 0 Å². The van der Waals surface area contributed by atoms with Gasteiger partial charge in [0.15, 0.2) is 0 Å². The summed E-state index contributed by atoms with van der Waals surface area (Å²) in [4.78, 5) is 17.2. The Kier molecular flexibility index (Phi) is 5.71. The van der Waals surface area contributed by atoms with E-state index in [9.17, 15) is 4.79 Å². The summed E-state index contributed by atoms with van der Waals surface area (Å²) < 4.78 is 1.81. The van der Waals surface area contributed by atoms with Crippen LogP contribution >= 0.6 is 0 Å². The third kappa shape index (κ3) is 4.22. The third-order valence-corrected chi connectivity index (χ3v) is 6.05. The van der Waals surface area contributed by atoms with E-state index in [1.54, 1.807) is 0 Å². The molecule has 34 heavy (non-hydrogen) atoms. The second-order valence-corrected chi connectivity index (χ2v) is 8.71. The van der Waals surface area contributed by atoms with Crippen LogP contribution in [0.2, 0.25) is 0 Å². The molecule has 0 radical (unpaired) electrons. The summed E-state index contributed by atoms with van der Waals surface area (Å²) in [6.45, 7) is 4.24. The zero-order chi connectivity index (χ0) is 23.7. The Morgan fingerprint density at radius 3 is 2.53 bits per heavy atom. The fraction of sp³-hybridized carbons (Fsp3) is 0.231. The van der Waals surface area contributed by atoms with Gasteiger partial charge < -0.3 is 10.6 Å². The number of rotatable bonds is 5. The average molecular weight is 454 g/mol. The Morgan fingerprint density at radius 2 is 1.79 bits per heavy atom. The van der Waals surface area contributed by atoms with Gasteiger partial charge >= 0.3 is 6.03 Å². The minimum atomic E-state index is -0.269. The van der Waals surface area contributed by atoms with Crippen LogP contribution in [-0.2, 0) is 7.05 Å².